The van der Waals surface area contributed by atoms with Crippen molar-refractivity contribution in [2.45, 2.75) is 18.1 Å². The summed E-state index contributed by atoms with van der Waals surface area (Å²) in [4.78, 5) is 12.1. The fourth-order valence-corrected chi connectivity index (χ4v) is 4.20. The molecular formula is C14H14O3S2. The minimum absolute atomic E-state index is 0.241. The molecule has 1 aromatic heterocycles. The summed E-state index contributed by atoms with van der Waals surface area (Å²) in [5, 5.41) is 1.69. The van der Waals surface area contributed by atoms with E-state index in [2.05, 4.69) is 0 Å². The second kappa shape index (κ2) is 5.27. The Morgan fingerprint density at radius 3 is 2.53 bits per heavy atom. The molecule has 3 nitrogen and oxygen atoms in total. The smallest absolute Gasteiger partial charge is 0.195 e. The molecule has 0 saturated carbocycles. The maximum atomic E-state index is 12.1. The van der Waals surface area contributed by atoms with Crippen LogP contribution in [0.2, 0.25) is 0 Å². The van der Waals surface area contributed by atoms with E-state index in [1.165, 1.54) is 6.07 Å². The van der Waals surface area contributed by atoms with Crippen LogP contribution in [0.5, 0.6) is 0 Å². The molecule has 1 heterocycles. The summed E-state index contributed by atoms with van der Waals surface area (Å²) in [6.45, 7) is 3.75. The molecule has 0 amide bonds. The molecular weight excluding hydrogens is 280 g/mol. The molecule has 0 bridgehead atoms. The lowest BCUT2D eigenvalue weighted by atomic mass is 10.0. The van der Waals surface area contributed by atoms with Gasteiger partial charge in [0.1, 0.15) is 9.96 Å². The normalized spacial score (nSPS) is 11.5. The van der Waals surface area contributed by atoms with Gasteiger partial charge in [0.05, 0.1) is 0 Å². The Bertz CT molecular complexity index is 698. The highest BCUT2D eigenvalue weighted by Crippen LogP contribution is 2.19. The molecule has 0 spiro atoms. The fraction of sp³-hybridized carbons (Fsp3) is 0.214. The predicted molar refractivity (Wildman–Crippen MR) is 76.6 cm³/mol. The lowest BCUT2D eigenvalue weighted by Gasteiger charge is -2.06. The van der Waals surface area contributed by atoms with Crippen LogP contribution in [-0.2, 0) is 9.84 Å². The molecule has 19 heavy (non-hydrogen) atoms. The van der Waals surface area contributed by atoms with Crippen LogP contribution in [0.15, 0.2) is 39.9 Å². The van der Waals surface area contributed by atoms with Gasteiger partial charge < -0.3 is 0 Å². The summed E-state index contributed by atoms with van der Waals surface area (Å²) in [6, 6.07) is 8.58. The van der Waals surface area contributed by atoms with E-state index in [4.69, 9.17) is 0 Å². The molecule has 0 aliphatic rings. The van der Waals surface area contributed by atoms with E-state index in [0.717, 1.165) is 22.5 Å². The largest absolute Gasteiger partial charge is 0.293 e. The van der Waals surface area contributed by atoms with E-state index in [-0.39, 0.29) is 9.99 Å². The first-order chi connectivity index (χ1) is 8.90. The number of thiophene rings is 1. The average Bonchev–Trinajstić information content (AvgIpc) is 2.81. The molecule has 100 valence electrons. The van der Waals surface area contributed by atoms with E-state index < -0.39 is 15.6 Å². The Balaban J connectivity index is 2.27. The summed E-state index contributed by atoms with van der Waals surface area (Å²) < 4.78 is 24.3. The summed E-state index contributed by atoms with van der Waals surface area (Å²) >= 11 is 1.13. The van der Waals surface area contributed by atoms with Gasteiger partial charge in [-0.15, -0.1) is 11.3 Å². The summed E-state index contributed by atoms with van der Waals surface area (Å²) in [5.74, 6) is -0.830. The van der Waals surface area contributed by atoms with Gasteiger partial charge in [0.2, 0.25) is 0 Å². The van der Waals surface area contributed by atoms with Crippen LogP contribution < -0.4 is 0 Å². The van der Waals surface area contributed by atoms with Crippen molar-refractivity contribution in [1.29, 1.82) is 0 Å². The van der Waals surface area contributed by atoms with Crippen molar-refractivity contribution in [3.05, 3.63) is 52.4 Å². The number of hydrogen-bond donors (Lipinski definition) is 0. The van der Waals surface area contributed by atoms with Crippen molar-refractivity contribution in [3.63, 3.8) is 0 Å². The first kappa shape index (κ1) is 14.0. The molecule has 0 aliphatic carbocycles. The first-order valence-electron chi connectivity index (χ1n) is 5.77. The number of sulfone groups is 1. The van der Waals surface area contributed by atoms with Gasteiger partial charge in [0.25, 0.3) is 0 Å². The van der Waals surface area contributed by atoms with Crippen molar-refractivity contribution in [1.82, 2.24) is 0 Å². The Kier molecular flexibility index (Phi) is 3.87. The van der Waals surface area contributed by atoms with Crippen LogP contribution in [0.1, 0.15) is 21.5 Å². The van der Waals surface area contributed by atoms with Gasteiger partial charge in [0, 0.05) is 5.56 Å². The van der Waals surface area contributed by atoms with Crippen molar-refractivity contribution in [2.75, 3.05) is 5.75 Å². The zero-order valence-electron chi connectivity index (χ0n) is 10.7. The highest BCUT2D eigenvalue weighted by atomic mass is 32.2. The average molecular weight is 294 g/mol. The van der Waals surface area contributed by atoms with E-state index >= 15 is 0 Å². The zero-order valence-corrected chi connectivity index (χ0v) is 12.3. The van der Waals surface area contributed by atoms with Crippen LogP contribution in [0.3, 0.4) is 0 Å². The van der Waals surface area contributed by atoms with Gasteiger partial charge in [0.15, 0.2) is 15.6 Å². The summed E-state index contributed by atoms with van der Waals surface area (Å²) in [6.07, 6.45) is 0. The number of rotatable bonds is 4. The molecule has 0 aliphatic heterocycles. The quantitative estimate of drug-likeness (QED) is 0.814. The lowest BCUT2D eigenvalue weighted by molar-refractivity contribution is 0.102. The standard InChI is InChI=1S/C14H14O3S2/c1-10-5-6-12(11(2)8-10)13(15)9-19(16,17)14-4-3-7-18-14/h3-8H,9H2,1-2H3. The second-order valence-electron chi connectivity index (χ2n) is 4.43. The molecule has 5 heteroatoms. The van der Waals surface area contributed by atoms with Crippen molar-refractivity contribution >= 4 is 27.0 Å². The third kappa shape index (κ3) is 3.11. The molecule has 0 atom stereocenters. The van der Waals surface area contributed by atoms with Crippen LogP contribution in [0.4, 0.5) is 0 Å². The minimum atomic E-state index is -3.52. The molecule has 0 saturated heterocycles. The Morgan fingerprint density at radius 2 is 1.95 bits per heavy atom. The van der Waals surface area contributed by atoms with Gasteiger partial charge >= 0.3 is 0 Å². The van der Waals surface area contributed by atoms with Gasteiger partial charge in [-0.25, -0.2) is 8.42 Å². The third-order valence-electron chi connectivity index (χ3n) is 2.81. The highest BCUT2D eigenvalue weighted by molar-refractivity contribution is 7.94. The molecule has 0 N–H and O–H groups in total. The maximum absolute atomic E-state index is 12.1. The Hall–Kier alpha value is -1.46. The fourth-order valence-electron chi connectivity index (χ4n) is 1.89. The molecule has 0 radical (unpaired) electrons. The molecule has 1 aromatic carbocycles. The number of ketones is 1. The van der Waals surface area contributed by atoms with Crippen LogP contribution >= 0.6 is 11.3 Å². The van der Waals surface area contributed by atoms with Gasteiger partial charge in [-0.1, -0.05) is 29.8 Å². The molecule has 2 aromatic rings. The second-order valence-corrected chi connectivity index (χ2v) is 7.60. The number of benzene rings is 1. The maximum Gasteiger partial charge on any atom is 0.195 e. The molecule has 0 fully saturated rings. The van der Waals surface area contributed by atoms with Gasteiger partial charge in [-0.2, -0.15) is 0 Å². The van der Waals surface area contributed by atoms with E-state index in [1.54, 1.807) is 17.5 Å². The van der Waals surface area contributed by atoms with E-state index in [0.29, 0.717) is 5.56 Å². The van der Waals surface area contributed by atoms with Crippen LogP contribution in [-0.4, -0.2) is 20.0 Å². The SMILES string of the molecule is Cc1ccc(C(=O)CS(=O)(=O)c2cccs2)c(C)c1. The molecule has 2 rings (SSSR count). The number of carbonyl (C=O) groups excluding carboxylic acids is 1. The number of hydrogen-bond acceptors (Lipinski definition) is 4. The van der Waals surface area contributed by atoms with Crippen molar-refractivity contribution < 1.29 is 13.2 Å². The summed E-state index contributed by atoms with van der Waals surface area (Å²) in [7, 11) is -3.52. The van der Waals surface area contributed by atoms with E-state index in [1.807, 2.05) is 26.0 Å². The third-order valence-corrected chi connectivity index (χ3v) is 5.91. The Labute approximate surface area is 116 Å². The number of aryl methyl sites for hydroxylation is 2. The van der Waals surface area contributed by atoms with Gasteiger partial charge in [-0.05, 0) is 30.9 Å². The number of carbonyl (C=O) groups is 1. The molecule has 0 unspecified atom stereocenters. The van der Waals surface area contributed by atoms with Crippen LogP contribution in [0, 0.1) is 13.8 Å². The predicted octanol–water partition coefficient (Wildman–Crippen LogP) is 3.02. The monoisotopic (exact) mass is 294 g/mol. The van der Waals surface area contributed by atoms with E-state index in [9.17, 15) is 13.2 Å². The lowest BCUT2D eigenvalue weighted by Crippen LogP contribution is -2.16. The van der Waals surface area contributed by atoms with Crippen LogP contribution in [0.25, 0.3) is 0 Å². The zero-order chi connectivity index (χ0) is 14.0. The number of Topliss-reactive ketones (excluding diaryl/α,β-unsaturated/α-hetero) is 1. The van der Waals surface area contributed by atoms with Crippen molar-refractivity contribution in [3.8, 4) is 0 Å². The Morgan fingerprint density at radius 1 is 1.21 bits per heavy atom. The summed E-state index contributed by atoms with van der Waals surface area (Å²) in [5.41, 5.74) is 2.34. The van der Waals surface area contributed by atoms with Crippen molar-refractivity contribution in [2.24, 2.45) is 0 Å². The minimum Gasteiger partial charge on any atom is -0.293 e. The first-order valence-corrected chi connectivity index (χ1v) is 8.30. The highest BCUT2D eigenvalue weighted by Gasteiger charge is 2.22. The topological polar surface area (TPSA) is 51.2 Å². The van der Waals surface area contributed by atoms with Gasteiger partial charge in [-0.3, -0.25) is 4.79 Å².